The summed E-state index contributed by atoms with van der Waals surface area (Å²) in [5, 5.41) is 9.14. The van der Waals surface area contributed by atoms with Crippen LogP contribution in [0, 0.1) is 0 Å². The van der Waals surface area contributed by atoms with Crippen LogP contribution < -0.4 is 0 Å². The number of carbonyl (C=O) groups excluding carboxylic acids is 1. The molecule has 1 aromatic rings. The number of benzene rings is 1. The van der Waals surface area contributed by atoms with Crippen LogP contribution in [0.4, 0.5) is 0 Å². The van der Waals surface area contributed by atoms with Gasteiger partial charge in [0.1, 0.15) is 0 Å². The maximum absolute atomic E-state index is 12.7. The van der Waals surface area contributed by atoms with Crippen LogP contribution in [0.1, 0.15) is 23.7 Å². The second-order valence-corrected chi connectivity index (χ2v) is 7.58. The minimum atomic E-state index is -3.46. The van der Waals surface area contributed by atoms with Crippen molar-refractivity contribution in [3.05, 3.63) is 35.9 Å². The van der Waals surface area contributed by atoms with Crippen molar-refractivity contribution >= 4 is 21.9 Å². The van der Waals surface area contributed by atoms with Crippen molar-refractivity contribution in [2.45, 2.75) is 25.4 Å². The Balaban J connectivity index is 2.32. The van der Waals surface area contributed by atoms with Crippen molar-refractivity contribution in [3.8, 4) is 0 Å². The quantitative estimate of drug-likeness (QED) is 0.868. The van der Waals surface area contributed by atoms with Crippen LogP contribution >= 0.6 is 0 Å². The number of amides is 1. The number of carboxylic acid groups (broad SMARTS) is 1. The van der Waals surface area contributed by atoms with Gasteiger partial charge in [-0.05, 0) is 19.1 Å². The van der Waals surface area contributed by atoms with E-state index < -0.39 is 28.1 Å². The van der Waals surface area contributed by atoms with E-state index in [1.54, 1.807) is 37.3 Å². The number of piperazine rings is 1. The van der Waals surface area contributed by atoms with Gasteiger partial charge in [-0.3, -0.25) is 9.59 Å². The molecule has 0 aliphatic carbocycles. The van der Waals surface area contributed by atoms with Crippen LogP contribution in [-0.4, -0.2) is 66.0 Å². The van der Waals surface area contributed by atoms with Crippen molar-refractivity contribution in [2.24, 2.45) is 0 Å². The van der Waals surface area contributed by atoms with E-state index in [1.165, 1.54) is 9.21 Å². The number of aliphatic carboxylic acids is 1. The summed E-state index contributed by atoms with van der Waals surface area (Å²) in [6, 6.07) is 7.27. The smallest absolute Gasteiger partial charge is 0.305 e. The van der Waals surface area contributed by atoms with Crippen LogP contribution in [0.25, 0.3) is 0 Å². The molecule has 1 amide bonds. The monoisotopic (exact) mass is 340 g/mol. The lowest BCUT2D eigenvalue weighted by molar-refractivity contribution is -0.139. The highest BCUT2D eigenvalue weighted by Crippen LogP contribution is 2.24. The largest absolute Gasteiger partial charge is 0.481 e. The van der Waals surface area contributed by atoms with Crippen molar-refractivity contribution in [2.75, 3.05) is 19.3 Å². The van der Waals surface area contributed by atoms with Crippen LogP contribution in [0.5, 0.6) is 0 Å². The molecule has 1 aromatic carbocycles. The Morgan fingerprint density at radius 2 is 1.83 bits per heavy atom. The molecule has 1 N–H and O–H groups in total. The number of hydrogen-bond acceptors (Lipinski definition) is 4. The van der Waals surface area contributed by atoms with Crippen LogP contribution in [0.3, 0.4) is 0 Å². The summed E-state index contributed by atoms with van der Waals surface area (Å²) in [7, 11) is -3.46. The van der Waals surface area contributed by atoms with E-state index in [0.717, 1.165) is 6.26 Å². The Morgan fingerprint density at radius 3 is 2.35 bits per heavy atom. The Kier molecular flexibility index (Phi) is 5.06. The maximum Gasteiger partial charge on any atom is 0.305 e. The molecule has 0 bridgehead atoms. The van der Waals surface area contributed by atoms with Crippen molar-refractivity contribution in [1.82, 2.24) is 9.21 Å². The molecule has 0 radical (unpaired) electrons. The first kappa shape index (κ1) is 17.4. The molecular weight excluding hydrogens is 320 g/mol. The van der Waals surface area contributed by atoms with Crippen LogP contribution in [-0.2, 0) is 14.8 Å². The minimum absolute atomic E-state index is 0.161. The first-order valence-electron chi connectivity index (χ1n) is 7.26. The maximum atomic E-state index is 12.7. The van der Waals surface area contributed by atoms with E-state index in [0.29, 0.717) is 5.56 Å². The van der Waals surface area contributed by atoms with Gasteiger partial charge in [0.25, 0.3) is 5.91 Å². The molecule has 1 heterocycles. The predicted octanol–water partition coefficient (Wildman–Crippen LogP) is 0.636. The molecule has 1 aliphatic rings. The van der Waals surface area contributed by atoms with Crippen molar-refractivity contribution < 1.29 is 23.1 Å². The van der Waals surface area contributed by atoms with E-state index in [1.807, 2.05) is 0 Å². The van der Waals surface area contributed by atoms with Gasteiger partial charge in [-0.25, -0.2) is 8.42 Å². The second-order valence-electron chi connectivity index (χ2n) is 5.64. The fourth-order valence-corrected chi connectivity index (χ4v) is 4.11. The van der Waals surface area contributed by atoms with Crippen molar-refractivity contribution in [3.63, 3.8) is 0 Å². The summed E-state index contributed by atoms with van der Waals surface area (Å²) >= 11 is 0. The molecule has 1 saturated heterocycles. The summed E-state index contributed by atoms with van der Waals surface area (Å²) in [6.45, 7) is 1.97. The minimum Gasteiger partial charge on any atom is -0.481 e. The van der Waals surface area contributed by atoms with Gasteiger partial charge in [-0.1, -0.05) is 18.2 Å². The van der Waals surface area contributed by atoms with E-state index >= 15 is 0 Å². The van der Waals surface area contributed by atoms with Crippen molar-refractivity contribution in [1.29, 1.82) is 0 Å². The van der Waals surface area contributed by atoms with E-state index in [2.05, 4.69) is 0 Å². The topological polar surface area (TPSA) is 95.0 Å². The van der Waals surface area contributed by atoms with Gasteiger partial charge < -0.3 is 10.0 Å². The standard InChI is InChI=1S/C15H20N2O5S/c1-11-13(10-14(18)19)16(8-9-17(11)23(2,21)22)15(20)12-6-4-3-5-7-12/h3-7,11,13H,8-10H2,1-2H3,(H,18,19)/t11-,13-/m1/s1. The summed E-state index contributed by atoms with van der Waals surface area (Å²) in [5.41, 5.74) is 0.461. The summed E-state index contributed by atoms with van der Waals surface area (Å²) < 4.78 is 25.0. The highest BCUT2D eigenvalue weighted by atomic mass is 32.2. The molecular formula is C15H20N2O5S. The molecule has 7 nitrogen and oxygen atoms in total. The number of carbonyl (C=O) groups is 2. The van der Waals surface area contributed by atoms with E-state index in [9.17, 15) is 18.0 Å². The molecule has 1 fully saturated rings. The highest BCUT2D eigenvalue weighted by Gasteiger charge is 2.41. The van der Waals surface area contributed by atoms with Gasteiger partial charge in [0.15, 0.2) is 0 Å². The predicted molar refractivity (Wildman–Crippen MR) is 84.5 cm³/mol. The zero-order valence-electron chi connectivity index (χ0n) is 13.0. The zero-order chi connectivity index (χ0) is 17.2. The number of carboxylic acids is 1. The van der Waals surface area contributed by atoms with E-state index in [4.69, 9.17) is 5.11 Å². The molecule has 2 rings (SSSR count). The number of rotatable bonds is 4. The lowest BCUT2D eigenvalue weighted by Crippen LogP contribution is -2.61. The number of hydrogen-bond donors (Lipinski definition) is 1. The third-order valence-electron chi connectivity index (χ3n) is 4.06. The van der Waals surface area contributed by atoms with Crippen LogP contribution in [0.15, 0.2) is 30.3 Å². The van der Waals surface area contributed by atoms with Gasteiger partial charge in [0.2, 0.25) is 10.0 Å². The number of nitrogens with zero attached hydrogens (tertiary/aromatic N) is 2. The normalized spacial score (nSPS) is 22.8. The average Bonchev–Trinajstić information content (AvgIpc) is 2.47. The Morgan fingerprint density at radius 1 is 1.22 bits per heavy atom. The first-order chi connectivity index (χ1) is 10.7. The fourth-order valence-electron chi connectivity index (χ4n) is 2.95. The average molecular weight is 340 g/mol. The lowest BCUT2D eigenvalue weighted by Gasteiger charge is -2.44. The molecule has 2 atom stereocenters. The number of sulfonamides is 1. The summed E-state index contributed by atoms with van der Waals surface area (Å²) in [6.07, 6.45) is 0.793. The Labute approximate surface area is 135 Å². The summed E-state index contributed by atoms with van der Waals surface area (Å²) in [4.78, 5) is 25.3. The first-order valence-corrected chi connectivity index (χ1v) is 9.11. The Bertz CT molecular complexity index is 689. The van der Waals surface area contributed by atoms with Gasteiger partial charge in [-0.15, -0.1) is 0 Å². The van der Waals surface area contributed by atoms with Gasteiger partial charge in [-0.2, -0.15) is 4.31 Å². The third kappa shape index (κ3) is 3.89. The van der Waals surface area contributed by atoms with Gasteiger partial charge >= 0.3 is 5.97 Å². The zero-order valence-corrected chi connectivity index (χ0v) is 13.9. The lowest BCUT2D eigenvalue weighted by atomic mass is 10.00. The molecule has 23 heavy (non-hydrogen) atoms. The SMILES string of the molecule is C[C@@H]1[C@@H](CC(=O)O)N(C(=O)c2ccccc2)CCN1S(C)(=O)=O. The third-order valence-corrected chi connectivity index (χ3v) is 5.43. The van der Waals surface area contributed by atoms with E-state index in [-0.39, 0.29) is 25.4 Å². The molecule has 126 valence electrons. The molecule has 0 unspecified atom stereocenters. The molecule has 0 spiro atoms. The fraction of sp³-hybridized carbons (Fsp3) is 0.467. The molecule has 0 aromatic heterocycles. The second kappa shape index (κ2) is 6.67. The molecule has 8 heteroatoms. The highest BCUT2D eigenvalue weighted by molar-refractivity contribution is 7.88. The van der Waals surface area contributed by atoms with Gasteiger partial charge in [0.05, 0.1) is 18.7 Å². The Hall–Kier alpha value is -1.93. The molecule has 1 aliphatic heterocycles. The van der Waals surface area contributed by atoms with Gasteiger partial charge in [0, 0.05) is 24.7 Å². The molecule has 0 saturated carbocycles. The van der Waals surface area contributed by atoms with Crippen LogP contribution in [0.2, 0.25) is 0 Å². The summed E-state index contributed by atoms with van der Waals surface area (Å²) in [5.74, 6) is -1.35.